The number of hydrogen-bond acceptors (Lipinski definition) is 3. The number of cyclic esters (lactones) is 1. The van der Waals surface area contributed by atoms with Crippen molar-refractivity contribution in [3.05, 3.63) is 59.2 Å². The number of hydrogen-bond donors (Lipinski definition) is 0. The van der Waals surface area contributed by atoms with Crippen molar-refractivity contribution >= 4 is 17.2 Å². The molecular weight excluding hydrogens is 310 g/mol. The first-order chi connectivity index (χ1) is 12.0. The van der Waals surface area contributed by atoms with Crippen LogP contribution >= 0.6 is 0 Å². The minimum Gasteiger partial charge on any atom is -0.459 e. The molecule has 4 rings (SSSR count). The van der Waals surface area contributed by atoms with Crippen LogP contribution < -0.4 is 4.90 Å². The van der Waals surface area contributed by atoms with Crippen LogP contribution in [0.3, 0.4) is 0 Å². The maximum absolute atomic E-state index is 11.6. The largest absolute Gasteiger partial charge is 0.459 e. The first-order valence-corrected chi connectivity index (χ1v) is 9.10. The molecule has 0 saturated carbocycles. The molecule has 0 aromatic heterocycles. The van der Waals surface area contributed by atoms with Crippen LogP contribution in [0.15, 0.2) is 53.6 Å². The summed E-state index contributed by atoms with van der Waals surface area (Å²) in [6, 6.07) is 8.94. The van der Waals surface area contributed by atoms with Crippen LogP contribution in [0.4, 0.5) is 5.69 Å². The van der Waals surface area contributed by atoms with E-state index in [-0.39, 0.29) is 11.6 Å². The molecule has 0 bridgehead atoms. The minimum absolute atomic E-state index is 0.0573. The third-order valence-electron chi connectivity index (χ3n) is 5.83. The number of likely N-dealkylation sites (N-methyl/N-ethyl adjacent to an activating group) is 1. The lowest BCUT2D eigenvalue weighted by molar-refractivity contribution is -0.147. The molecule has 1 unspecified atom stereocenters. The summed E-state index contributed by atoms with van der Waals surface area (Å²) in [6.45, 7) is 4.28. The summed E-state index contributed by atoms with van der Waals surface area (Å²) >= 11 is 0. The fraction of sp³-hybridized carbons (Fsp3) is 0.409. The Morgan fingerprint density at radius 2 is 2.12 bits per heavy atom. The average Bonchev–Trinajstić information content (AvgIpc) is 2.94. The number of anilines is 1. The number of esters is 1. The Kier molecular flexibility index (Phi) is 3.82. The van der Waals surface area contributed by atoms with E-state index in [1.807, 2.05) is 0 Å². The maximum atomic E-state index is 11.6. The van der Waals surface area contributed by atoms with E-state index < -0.39 is 0 Å². The highest BCUT2D eigenvalue weighted by Crippen LogP contribution is 2.44. The highest BCUT2D eigenvalue weighted by Gasteiger charge is 2.37. The van der Waals surface area contributed by atoms with Gasteiger partial charge in [0.15, 0.2) is 0 Å². The van der Waals surface area contributed by atoms with Crippen molar-refractivity contribution in [2.45, 2.75) is 51.2 Å². The highest BCUT2D eigenvalue weighted by molar-refractivity contribution is 5.86. The van der Waals surface area contributed by atoms with Crippen molar-refractivity contribution in [1.29, 1.82) is 0 Å². The number of carbonyl (C=O) groups is 1. The molecule has 1 aromatic rings. The minimum atomic E-state index is -0.318. The third-order valence-corrected chi connectivity index (χ3v) is 5.83. The molecule has 1 aliphatic carbocycles. The van der Waals surface area contributed by atoms with Crippen molar-refractivity contribution < 1.29 is 9.53 Å². The van der Waals surface area contributed by atoms with E-state index in [4.69, 9.17) is 4.74 Å². The van der Waals surface area contributed by atoms with Gasteiger partial charge in [0.2, 0.25) is 0 Å². The van der Waals surface area contributed by atoms with Crippen molar-refractivity contribution in [2.75, 3.05) is 11.9 Å². The van der Waals surface area contributed by atoms with Gasteiger partial charge in [-0.3, -0.25) is 4.79 Å². The molecule has 0 radical (unpaired) electrons. The summed E-state index contributed by atoms with van der Waals surface area (Å²) in [6.07, 6.45) is 9.79. The maximum Gasteiger partial charge on any atom is 0.306 e. The fourth-order valence-electron chi connectivity index (χ4n) is 4.43. The molecule has 3 nitrogen and oxygen atoms in total. The molecule has 0 spiro atoms. The predicted octanol–water partition coefficient (Wildman–Crippen LogP) is 4.65. The lowest BCUT2D eigenvalue weighted by Gasteiger charge is -2.40. The second-order valence-electron chi connectivity index (χ2n) is 7.66. The number of ether oxygens (including phenoxy) is 1. The van der Waals surface area contributed by atoms with E-state index in [2.05, 4.69) is 68.3 Å². The van der Waals surface area contributed by atoms with Crippen LogP contribution in [0, 0.1) is 0 Å². The SMILES string of the molecule is CC1=CC=CC2=C(CC[C@@]3(C)CCC(=O)O3)c3ccccc3N(C)C12. The van der Waals surface area contributed by atoms with Gasteiger partial charge in [0, 0.05) is 24.7 Å². The third kappa shape index (κ3) is 2.72. The first kappa shape index (κ1) is 16.2. The number of carbonyl (C=O) groups excluding carboxylic acids is 1. The van der Waals surface area contributed by atoms with Crippen molar-refractivity contribution in [1.82, 2.24) is 0 Å². The monoisotopic (exact) mass is 335 g/mol. The Balaban J connectivity index is 1.73. The van der Waals surface area contributed by atoms with Gasteiger partial charge in [0.1, 0.15) is 5.60 Å². The molecule has 2 heterocycles. The highest BCUT2D eigenvalue weighted by atomic mass is 16.6. The number of rotatable bonds is 3. The summed E-state index contributed by atoms with van der Waals surface area (Å²) in [5.74, 6) is -0.0573. The number of para-hydroxylation sites is 1. The van der Waals surface area contributed by atoms with Crippen molar-refractivity contribution in [2.24, 2.45) is 0 Å². The normalized spacial score (nSPS) is 27.8. The molecule has 130 valence electrons. The topological polar surface area (TPSA) is 29.5 Å². The zero-order valence-corrected chi connectivity index (χ0v) is 15.2. The molecule has 2 atom stereocenters. The predicted molar refractivity (Wildman–Crippen MR) is 101 cm³/mol. The van der Waals surface area contributed by atoms with Gasteiger partial charge in [-0.1, -0.05) is 36.4 Å². The summed E-state index contributed by atoms with van der Waals surface area (Å²) < 4.78 is 5.60. The molecular formula is C22H25NO2. The molecule has 3 aliphatic rings. The molecule has 1 fully saturated rings. The standard InChI is InChI=1S/C22H25NO2/c1-15-7-6-9-18-16(11-13-22(2)14-12-20(24)25-22)17-8-4-5-10-19(17)23(3)21(15)18/h4-10,21H,11-14H2,1-3H3/t21?,22-/m0/s1. The van der Waals surface area contributed by atoms with Crippen molar-refractivity contribution in [3.8, 4) is 0 Å². The Morgan fingerprint density at radius 3 is 2.88 bits per heavy atom. The second kappa shape index (κ2) is 5.91. The first-order valence-electron chi connectivity index (χ1n) is 9.10. The Morgan fingerprint density at radius 1 is 1.32 bits per heavy atom. The van der Waals surface area contributed by atoms with Crippen molar-refractivity contribution in [3.63, 3.8) is 0 Å². The molecule has 1 aromatic carbocycles. The van der Waals surface area contributed by atoms with Crippen LogP contribution in [-0.4, -0.2) is 24.7 Å². The molecule has 2 aliphatic heterocycles. The Bertz CT molecular complexity index is 817. The molecule has 3 heteroatoms. The smallest absolute Gasteiger partial charge is 0.306 e. The van der Waals surface area contributed by atoms with Gasteiger partial charge in [0.05, 0.1) is 6.04 Å². The summed E-state index contributed by atoms with van der Waals surface area (Å²) in [5.41, 5.74) is 6.42. The van der Waals surface area contributed by atoms with E-state index in [1.165, 1.54) is 28.0 Å². The number of nitrogens with zero attached hydrogens (tertiary/aromatic N) is 1. The zero-order valence-electron chi connectivity index (χ0n) is 15.2. The molecule has 0 amide bonds. The van der Waals surface area contributed by atoms with E-state index in [0.29, 0.717) is 12.5 Å². The van der Waals surface area contributed by atoms with E-state index in [9.17, 15) is 4.79 Å². The zero-order chi connectivity index (χ0) is 17.6. The van der Waals surface area contributed by atoms with Gasteiger partial charge in [-0.2, -0.15) is 0 Å². The second-order valence-corrected chi connectivity index (χ2v) is 7.66. The number of allylic oxidation sites excluding steroid dienone is 3. The fourth-order valence-corrected chi connectivity index (χ4v) is 4.43. The van der Waals surface area contributed by atoms with Gasteiger partial charge in [-0.25, -0.2) is 0 Å². The quantitative estimate of drug-likeness (QED) is 0.753. The van der Waals surface area contributed by atoms with E-state index in [0.717, 1.165) is 19.3 Å². The number of fused-ring (bicyclic) bond motifs is 2. The van der Waals surface area contributed by atoms with Gasteiger partial charge in [-0.15, -0.1) is 0 Å². The molecule has 25 heavy (non-hydrogen) atoms. The Labute approximate surface area is 149 Å². The van der Waals surface area contributed by atoms with Gasteiger partial charge >= 0.3 is 5.97 Å². The van der Waals surface area contributed by atoms with Crippen LogP contribution in [0.1, 0.15) is 45.1 Å². The van der Waals surface area contributed by atoms with E-state index in [1.54, 1.807) is 0 Å². The van der Waals surface area contributed by atoms with Gasteiger partial charge in [0.25, 0.3) is 0 Å². The van der Waals surface area contributed by atoms with Crippen LogP contribution in [0.5, 0.6) is 0 Å². The van der Waals surface area contributed by atoms with E-state index >= 15 is 0 Å². The molecule has 0 N–H and O–H groups in total. The summed E-state index contributed by atoms with van der Waals surface area (Å²) in [7, 11) is 2.18. The summed E-state index contributed by atoms with van der Waals surface area (Å²) in [4.78, 5) is 13.9. The Hall–Kier alpha value is -2.29. The van der Waals surface area contributed by atoms with Crippen LogP contribution in [0.2, 0.25) is 0 Å². The van der Waals surface area contributed by atoms with Gasteiger partial charge in [-0.05, 0) is 55.9 Å². The lowest BCUT2D eigenvalue weighted by atomic mass is 9.80. The lowest BCUT2D eigenvalue weighted by Crippen LogP contribution is -2.38. The molecule has 1 saturated heterocycles. The number of benzene rings is 1. The van der Waals surface area contributed by atoms with Crippen LogP contribution in [-0.2, 0) is 9.53 Å². The van der Waals surface area contributed by atoms with Gasteiger partial charge < -0.3 is 9.64 Å². The summed E-state index contributed by atoms with van der Waals surface area (Å²) in [5, 5.41) is 0. The van der Waals surface area contributed by atoms with Crippen LogP contribution in [0.25, 0.3) is 5.57 Å². The average molecular weight is 335 g/mol.